The molecule has 1 aromatic heterocycles. The molecule has 4 N–H and O–H groups in total. The number of hydrogen-bond acceptors (Lipinski definition) is 6. The van der Waals surface area contributed by atoms with Crippen LogP contribution in [0.2, 0.25) is 0 Å². The lowest BCUT2D eigenvalue weighted by Gasteiger charge is -2.37. The summed E-state index contributed by atoms with van der Waals surface area (Å²) in [4.78, 5) is 4.30. The molecule has 3 atom stereocenters. The van der Waals surface area contributed by atoms with E-state index in [-0.39, 0.29) is 19.0 Å². The maximum Gasteiger partial charge on any atom is 0.181 e. The van der Waals surface area contributed by atoms with Gasteiger partial charge >= 0.3 is 0 Å². The van der Waals surface area contributed by atoms with Crippen molar-refractivity contribution >= 4 is 10.8 Å². The van der Waals surface area contributed by atoms with Crippen LogP contribution in [0.1, 0.15) is 5.82 Å². The summed E-state index contributed by atoms with van der Waals surface area (Å²) >= 11 is 0. The zero-order chi connectivity index (χ0) is 16.7. The fraction of sp³-hybridized carbons (Fsp3) is 0.294. The van der Waals surface area contributed by atoms with Gasteiger partial charge in [-0.2, -0.15) is 5.10 Å². The molecule has 4 rings (SSSR count). The van der Waals surface area contributed by atoms with E-state index in [0.29, 0.717) is 5.82 Å². The van der Waals surface area contributed by atoms with Crippen LogP contribution >= 0.6 is 0 Å². The highest BCUT2D eigenvalue weighted by Crippen LogP contribution is 2.30. The minimum Gasteiger partial charge on any atom is -0.388 e. The second-order valence-electron chi connectivity index (χ2n) is 6.02. The highest BCUT2D eigenvalue weighted by Gasteiger charge is 2.48. The fourth-order valence-electron chi connectivity index (χ4n) is 2.95. The molecule has 124 valence electrons. The molecule has 1 fully saturated rings. The molecule has 0 amide bonds. The lowest BCUT2D eigenvalue weighted by atomic mass is 9.90. The maximum atomic E-state index is 10.6. The third-order valence-electron chi connectivity index (χ3n) is 4.37. The SMILES string of the molecule is O[C@@H]1[C@@H](O)COC[C@@]1(O)c1nc(-c2ccc3ccccc3c2)n[nH]1. The number of H-pyrrole nitrogens is 1. The van der Waals surface area contributed by atoms with Crippen molar-refractivity contribution in [2.45, 2.75) is 17.8 Å². The van der Waals surface area contributed by atoms with E-state index < -0.39 is 17.8 Å². The second-order valence-corrected chi connectivity index (χ2v) is 6.02. The maximum absolute atomic E-state index is 10.6. The number of aliphatic hydroxyl groups excluding tert-OH is 2. The van der Waals surface area contributed by atoms with Gasteiger partial charge in [0, 0.05) is 5.56 Å². The van der Waals surface area contributed by atoms with Crippen LogP contribution in [0.5, 0.6) is 0 Å². The zero-order valence-electron chi connectivity index (χ0n) is 12.8. The number of fused-ring (bicyclic) bond motifs is 1. The van der Waals surface area contributed by atoms with Gasteiger partial charge in [-0.3, -0.25) is 5.10 Å². The Morgan fingerprint density at radius 1 is 1.12 bits per heavy atom. The van der Waals surface area contributed by atoms with Crippen molar-refractivity contribution in [2.75, 3.05) is 13.2 Å². The largest absolute Gasteiger partial charge is 0.388 e. The Hall–Kier alpha value is -2.32. The van der Waals surface area contributed by atoms with Gasteiger partial charge in [-0.15, -0.1) is 0 Å². The highest BCUT2D eigenvalue weighted by atomic mass is 16.5. The quantitative estimate of drug-likeness (QED) is 0.547. The Labute approximate surface area is 137 Å². The van der Waals surface area contributed by atoms with Gasteiger partial charge in [-0.25, -0.2) is 4.98 Å². The monoisotopic (exact) mass is 327 g/mol. The van der Waals surface area contributed by atoms with Gasteiger partial charge in [0.05, 0.1) is 13.2 Å². The van der Waals surface area contributed by atoms with E-state index in [4.69, 9.17) is 4.74 Å². The highest BCUT2D eigenvalue weighted by molar-refractivity contribution is 5.86. The summed E-state index contributed by atoms with van der Waals surface area (Å²) in [5, 5.41) is 39.4. The molecule has 7 nitrogen and oxygen atoms in total. The van der Waals surface area contributed by atoms with Gasteiger partial charge in [-0.05, 0) is 16.8 Å². The first kappa shape index (κ1) is 15.2. The zero-order valence-corrected chi connectivity index (χ0v) is 12.8. The van der Waals surface area contributed by atoms with Gasteiger partial charge in [0.2, 0.25) is 0 Å². The first-order valence-electron chi connectivity index (χ1n) is 7.66. The fourth-order valence-corrected chi connectivity index (χ4v) is 2.95. The molecule has 1 aliphatic rings. The summed E-state index contributed by atoms with van der Waals surface area (Å²) < 4.78 is 5.15. The lowest BCUT2D eigenvalue weighted by Crippen LogP contribution is -2.56. The van der Waals surface area contributed by atoms with Gasteiger partial charge in [0.15, 0.2) is 17.2 Å². The molecule has 2 heterocycles. The third-order valence-corrected chi connectivity index (χ3v) is 4.37. The van der Waals surface area contributed by atoms with Crippen molar-refractivity contribution in [2.24, 2.45) is 0 Å². The molecule has 0 aliphatic carbocycles. The molecule has 1 aliphatic heterocycles. The molecule has 1 saturated heterocycles. The number of nitrogens with one attached hydrogen (secondary N) is 1. The van der Waals surface area contributed by atoms with Crippen molar-refractivity contribution in [3.63, 3.8) is 0 Å². The Morgan fingerprint density at radius 3 is 2.75 bits per heavy atom. The number of ether oxygens (including phenoxy) is 1. The van der Waals surface area contributed by atoms with Crippen LogP contribution in [0.25, 0.3) is 22.2 Å². The van der Waals surface area contributed by atoms with Crippen LogP contribution in [0, 0.1) is 0 Å². The minimum absolute atomic E-state index is 0.0326. The average molecular weight is 327 g/mol. The summed E-state index contributed by atoms with van der Waals surface area (Å²) in [5.74, 6) is 0.466. The minimum atomic E-state index is -1.82. The topological polar surface area (TPSA) is 111 Å². The Morgan fingerprint density at radius 2 is 1.92 bits per heavy atom. The number of aliphatic hydroxyl groups is 3. The van der Waals surface area contributed by atoms with Crippen LogP contribution in [0.4, 0.5) is 0 Å². The summed E-state index contributed by atoms with van der Waals surface area (Å²) in [6.45, 7) is -0.202. The predicted molar refractivity (Wildman–Crippen MR) is 86.1 cm³/mol. The van der Waals surface area contributed by atoms with Gasteiger partial charge < -0.3 is 20.1 Å². The molecule has 2 aromatic carbocycles. The third kappa shape index (κ3) is 2.38. The van der Waals surface area contributed by atoms with Crippen LogP contribution in [0.15, 0.2) is 42.5 Å². The van der Waals surface area contributed by atoms with Gasteiger partial charge in [-0.1, -0.05) is 36.4 Å². The first-order valence-corrected chi connectivity index (χ1v) is 7.66. The number of hydrogen-bond donors (Lipinski definition) is 4. The molecule has 24 heavy (non-hydrogen) atoms. The van der Waals surface area contributed by atoms with Gasteiger partial charge in [0.1, 0.15) is 12.2 Å². The smallest absolute Gasteiger partial charge is 0.181 e. The van der Waals surface area contributed by atoms with E-state index in [1.54, 1.807) is 0 Å². The summed E-state index contributed by atoms with van der Waals surface area (Å²) in [5.41, 5.74) is -1.04. The molecule has 0 spiro atoms. The normalized spacial score (nSPS) is 27.5. The van der Waals surface area contributed by atoms with E-state index in [2.05, 4.69) is 15.2 Å². The van der Waals surface area contributed by atoms with E-state index >= 15 is 0 Å². The first-order chi connectivity index (χ1) is 11.6. The Bertz CT molecular complexity index is 881. The summed E-state index contributed by atoms with van der Waals surface area (Å²) in [6, 6.07) is 13.7. The standard InChI is InChI=1S/C17H17N3O4/c21-13-8-24-9-17(23,14(13)22)16-18-15(19-20-16)12-6-5-10-3-1-2-4-11(10)7-12/h1-7,13-14,21-23H,8-9H2,(H,18,19,20)/t13-,14+,17-/m0/s1. The molecule has 0 bridgehead atoms. The Kier molecular flexibility index (Phi) is 3.58. The number of benzene rings is 2. The van der Waals surface area contributed by atoms with Crippen LogP contribution < -0.4 is 0 Å². The van der Waals surface area contributed by atoms with E-state index in [9.17, 15) is 15.3 Å². The van der Waals surface area contributed by atoms with Crippen LogP contribution in [0.3, 0.4) is 0 Å². The summed E-state index contributed by atoms with van der Waals surface area (Å²) in [7, 11) is 0. The van der Waals surface area contributed by atoms with Crippen molar-refractivity contribution in [3.8, 4) is 11.4 Å². The lowest BCUT2D eigenvalue weighted by molar-refractivity contribution is -0.214. The molecule has 0 radical (unpaired) electrons. The molecule has 3 aromatic rings. The number of rotatable bonds is 2. The molecular weight excluding hydrogens is 310 g/mol. The second kappa shape index (κ2) is 5.64. The molecule has 7 heteroatoms. The van der Waals surface area contributed by atoms with Crippen molar-refractivity contribution in [1.82, 2.24) is 15.2 Å². The molecular formula is C17H17N3O4. The van der Waals surface area contributed by atoms with Crippen LogP contribution in [-0.2, 0) is 10.3 Å². The van der Waals surface area contributed by atoms with Crippen LogP contribution in [-0.4, -0.2) is 55.9 Å². The van der Waals surface area contributed by atoms with E-state index in [1.165, 1.54) is 0 Å². The van der Waals surface area contributed by atoms with E-state index in [0.717, 1.165) is 16.3 Å². The number of nitrogens with zero attached hydrogens (tertiary/aromatic N) is 2. The predicted octanol–water partition coefficient (Wildman–Crippen LogP) is 0.564. The van der Waals surface area contributed by atoms with Crippen molar-refractivity contribution in [3.05, 3.63) is 48.3 Å². The van der Waals surface area contributed by atoms with Crippen molar-refractivity contribution in [1.29, 1.82) is 0 Å². The molecule has 0 unspecified atom stereocenters. The molecule has 0 saturated carbocycles. The Balaban J connectivity index is 1.71. The number of aromatic nitrogens is 3. The number of aromatic amines is 1. The van der Waals surface area contributed by atoms with Gasteiger partial charge in [0.25, 0.3) is 0 Å². The average Bonchev–Trinajstić information content (AvgIpc) is 3.10. The van der Waals surface area contributed by atoms with Crippen molar-refractivity contribution < 1.29 is 20.1 Å². The van der Waals surface area contributed by atoms with E-state index in [1.807, 2.05) is 42.5 Å². The summed E-state index contributed by atoms with van der Waals surface area (Å²) in [6.07, 6.45) is -2.58.